The lowest BCUT2D eigenvalue weighted by molar-refractivity contribution is -0.336. The summed E-state index contributed by atoms with van der Waals surface area (Å²) in [5.41, 5.74) is 0. The van der Waals surface area contributed by atoms with E-state index >= 15 is 0 Å². The summed E-state index contributed by atoms with van der Waals surface area (Å²) in [6.45, 7) is 2.99. The van der Waals surface area contributed by atoms with Crippen LogP contribution < -0.4 is 0 Å². The normalized spacial score (nSPS) is 29.4. The number of rotatable bonds is 33. The number of phosphoric ester groups is 1. The number of phosphoric acid groups is 1. The molecule has 1 heterocycles. The topological polar surface area (TPSA) is 248 Å². The van der Waals surface area contributed by atoms with Crippen molar-refractivity contribution in [3.8, 4) is 0 Å². The van der Waals surface area contributed by atoms with Crippen molar-refractivity contribution < 1.29 is 78.0 Å². The highest BCUT2D eigenvalue weighted by atomic mass is 31.2. The van der Waals surface area contributed by atoms with Crippen molar-refractivity contribution in [1.82, 2.24) is 0 Å². The molecule has 0 aromatic carbocycles. The smallest absolute Gasteiger partial charge is 0.462 e. The molecular weight excluding hydrogens is 827 g/mol. The fourth-order valence-electron chi connectivity index (χ4n) is 8.08. The van der Waals surface area contributed by atoms with Gasteiger partial charge >= 0.3 is 19.8 Å². The highest BCUT2D eigenvalue weighted by Crippen LogP contribution is 2.47. The molecule has 17 heteroatoms. The predicted octanol–water partition coefficient (Wildman–Crippen LogP) is 5.97. The lowest BCUT2D eigenvalue weighted by atomic mass is 9.85. The van der Waals surface area contributed by atoms with Gasteiger partial charge in [-0.1, -0.05) is 127 Å². The van der Waals surface area contributed by atoms with Gasteiger partial charge in [-0.3, -0.25) is 18.6 Å². The van der Waals surface area contributed by atoms with Crippen molar-refractivity contribution in [2.45, 2.75) is 210 Å². The van der Waals surface area contributed by atoms with Crippen molar-refractivity contribution in [3.05, 3.63) is 36.5 Å². The second-order valence-corrected chi connectivity index (χ2v) is 18.4. The molecule has 11 unspecified atom stereocenters. The number of allylic oxidation sites excluding steroid dienone is 3. The van der Waals surface area contributed by atoms with Gasteiger partial charge in [-0.05, 0) is 38.5 Å². The van der Waals surface area contributed by atoms with E-state index in [1.165, 1.54) is 51.4 Å². The van der Waals surface area contributed by atoms with E-state index in [0.29, 0.717) is 25.7 Å². The van der Waals surface area contributed by atoms with Gasteiger partial charge in [0.2, 0.25) is 0 Å². The molecule has 0 radical (unpaired) electrons. The minimum absolute atomic E-state index is 0.0274. The van der Waals surface area contributed by atoms with Crippen molar-refractivity contribution in [1.29, 1.82) is 0 Å². The summed E-state index contributed by atoms with van der Waals surface area (Å²) in [6, 6.07) is 0. The minimum atomic E-state index is -5.17. The number of carbonyl (C=O) groups excluding carboxylic acids is 2. The summed E-state index contributed by atoms with van der Waals surface area (Å²) >= 11 is 0. The van der Waals surface area contributed by atoms with Crippen LogP contribution in [0.1, 0.15) is 149 Å². The summed E-state index contributed by atoms with van der Waals surface area (Å²) in [7, 11) is -5.17. The van der Waals surface area contributed by atoms with Crippen molar-refractivity contribution in [2.75, 3.05) is 13.2 Å². The predicted molar refractivity (Wildman–Crippen MR) is 230 cm³/mol. The number of ether oxygens (including phenoxy) is 2. The molecule has 2 bridgehead atoms. The fourth-order valence-corrected chi connectivity index (χ4v) is 9.05. The van der Waals surface area contributed by atoms with Crippen LogP contribution in [0.25, 0.3) is 0 Å². The summed E-state index contributed by atoms with van der Waals surface area (Å²) in [6.07, 6.45) is 16.7. The Balaban J connectivity index is 1.44. The molecule has 3 rings (SSSR count). The Hall–Kier alpha value is -2.05. The van der Waals surface area contributed by atoms with Gasteiger partial charge in [-0.2, -0.15) is 0 Å². The van der Waals surface area contributed by atoms with E-state index in [9.17, 15) is 49.7 Å². The Labute approximate surface area is 368 Å². The molecule has 358 valence electrons. The number of fused-ring (bicyclic) bond motifs is 2. The molecular formula is C45H77O16P. The molecule has 2 aliphatic carbocycles. The zero-order chi connectivity index (χ0) is 45.3. The highest BCUT2D eigenvalue weighted by Gasteiger charge is 2.52. The molecule has 2 saturated carbocycles. The monoisotopic (exact) mass is 904 g/mol. The number of esters is 2. The maximum absolute atomic E-state index is 12.9. The number of hydrogen-bond acceptors (Lipinski definition) is 15. The average molecular weight is 905 g/mol. The number of aliphatic hydroxyl groups excluding tert-OH is 6. The van der Waals surface area contributed by atoms with E-state index in [4.69, 9.17) is 28.3 Å². The first-order valence-corrected chi connectivity index (χ1v) is 24.7. The third-order valence-electron chi connectivity index (χ3n) is 11.8. The maximum atomic E-state index is 12.9. The minimum Gasteiger partial charge on any atom is -0.462 e. The summed E-state index contributed by atoms with van der Waals surface area (Å²) in [5.74, 6) is -0.939. The third kappa shape index (κ3) is 20.0. The van der Waals surface area contributed by atoms with E-state index in [2.05, 4.69) is 6.92 Å². The van der Waals surface area contributed by atoms with Gasteiger partial charge < -0.3 is 45.0 Å². The van der Waals surface area contributed by atoms with Gasteiger partial charge in [0.15, 0.2) is 6.10 Å². The van der Waals surface area contributed by atoms with Crippen LogP contribution in [0.3, 0.4) is 0 Å². The van der Waals surface area contributed by atoms with Crippen LogP contribution in [0.2, 0.25) is 0 Å². The fraction of sp³-hybridized carbons (Fsp3) is 0.822. The first-order valence-electron chi connectivity index (χ1n) is 23.2. The first-order chi connectivity index (χ1) is 29.8. The Kier molecular flexibility index (Phi) is 26.5. The second kappa shape index (κ2) is 30.2. The van der Waals surface area contributed by atoms with Gasteiger partial charge in [0.25, 0.3) is 0 Å². The maximum Gasteiger partial charge on any atom is 0.472 e. The first kappa shape index (κ1) is 54.3. The van der Waals surface area contributed by atoms with Gasteiger partial charge in [-0.15, -0.1) is 0 Å². The van der Waals surface area contributed by atoms with Gasteiger partial charge in [-0.25, -0.2) is 14.3 Å². The SMILES string of the molecule is CC/C=C\CC(O)/C=C/C1C2CC(OO2)C1C/C=C\CCCC(=O)OC(COC(=O)CCCCCCCCCCCCCCC)COP(=O)(O)OC1C(O)C(O)C(O)C(O)C1O. The van der Waals surface area contributed by atoms with E-state index in [1.807, 2.05) is 43.4 Å². The molecule has 11 atom stereocenters. The molecule has 1 saturated heterocycles. The van der Waals surface area contributed by atoms with Crippen LogP contribution in [-0.4, -0.2) is 122 Å². The molecule has 3 aliphatic rings. The summed E-state index contributed by atoms with van der Waals surface area (Å²) in [5, 5.41) is 60.6. The molecule has 0 amide bonds. The third-order valence-corrected chi connectivity index (χ3v) is 12.8. The zero-order valence-electron chi connectivity index (χ0n) is 36.9. The van der Waals surface area contributed by atoms with Crippen molar-refractivity contribution in [3.63, 3.8) is 0 Å². The van der Waals surface area contributed by atoms with Crippen LogP contribution in [0.5, 0.6) is 0 Å². The van der Waals surface area contributed by atoms with Crippen LogP contribution >= 0.6 is 7.82 Å². The molecule has 3 fully saturated rings. The molecule has 7 N–H and O–H groups in total. The Morgan fingerprint density at radius 2 is 1.29 bits per heavy atom. The van der Waals surface area contributed by atoms with Gasteiger partial charge in [0, 0.05) is 31.1 Å². The molecule has 0 aromatic heterocycles. The van der Waals surface area contributed by atoms with Gasteiger partial charge in [0.05, 0.1) is 18.8 Å². The Bertz CT molecular complexity index is 1380. The van der Waals surface area contributed by atoms with E-state index in [0.717, 1.165) is 44.9 Å². The summed E-state index contributed by atoms with van der Waals surface area (Å²) < 4.78 is 33.6. The highest BCUT2D eigenvalue weighted by molar-refractivity contribution is 7.47. The van der Waals surface area contributed by atoms with Crippen molar-refractivity contribution in [2.24, 2.45) is 11.8 Å². The molecule has 0 aromatic rings. The van der Waals surface area contributed by atoms with E-state index < -0.39 is 81.8 Å². The van der Waals surface area contributed by atoms with Crippen LogP contribution in [0.15, 0.2) is 36.5 Å². The second-order valence-electron chi connectivity index (χ2n) is 17.0. The zero-order valence-corrected chi connectivity index (χ0v) is 37.8. The Morgan fingerprint density at radius 3 is 1.92 bits per heavy atom. The summed E-state index contributed by atoms with van der Waals surface area (Å²) in [4.78, 5) is 46.9. The van der Waals surface area contributed by atoms with Crippen LogP contribution in [0, 0.1) is 11.8 Å². The van der Waals surface area contributed by atoms with Gasteiger partial charge in [0.1, 0.15) is 49.3 Å². The molecule has 1 aliphatic heterocycles. The average Bonchev–Trinajstić information content (AvgIpc) is 3.86. The number of unbranched alkanes of at least 4 members (excludes halogenated alkanes) is 13. The molecule has 62 heavy (non-hydrogen) atoms. The quantitative estimate of drug-likeness (QED) is 0.0132. The van der Waals surface area contributed by atoms with Crippen molar-refractivity contribution >= 4 is 19.8 Å². The lowest BCUT2D eigenvalue weighted by Gasteiger charge is -2.41. The van der Waals surface area contributed by atoms with E-state index in [1.54, 1.807) is 0 Å². The van der Waals surface area contributed by atoms with E-state index in [-0.39, 0.29) is 36.9 Å². The standard InChI is InChI=1S/C45H77O16P/c1-3-5-7-8-9-10-11-12-13-14-15-16-21-25-38(47)56-30-33(31-57-62(54,55)61-45-43(52)41(50)40(49)42(51)44(45)53)58-39(48)26-22-18-17-20-24-34-35(37-29-36(34)59-60-37)28-27-32(46)23-19-6-4-2/h6,17,19-20,27-28,32-37,40-46,49-53H,3-5,7-16,18,21-26,29-31H2,1-2H3,(H,54,55)/b19-6-,20-17-,28-27+. The number of aliphatic hydroxyl groups is 6. The molecule has 16 nitrogen and oxygen atoms in total. The Morgan fingerprint density at radius 1 is 0.710 bits per heavy atom. The van der Waals surface area contributed by atoms with Crippen LogP contribution in [0.4, 0.5) is 0 Å². The lowest BCUT2D eigenvalue weighted by Crippen LogP contribution is -2.64. The molecule has 0 spiro atoms. The number of hydrogen-bond donors (Lipinski definition) is 7. The largest absolute Gasteiger partial charge is 0.472 e. The van der Waals surface area contributed by atoms with Crippen LogP contribution in [-0.2, 0) is 42.5 Å². The number of carbonyl (C=O) groups is 2.